The van der Waals surface area contributed by atoms with E-state index >= 15 is 0 Å². The maximum atomic E-state index is 11.9. The van der Waals surface area contributed by atoms with Crippen LogP contribution in [-0.2, 0) is 22.7 Å². The van der Waals surface area contributed by atoms with E-state index in [9.17, 15) is 14.4 Å². The van der Waals surface area contributed by atoms with Crippen molar-refractivity contribution >= 4 is 18.0 Å². The maximum absolute atomic E-state index is 11.9. The molecule has 0 spiro atoms. The molecular formula is C19H22ClN3O5. The van der Waals surface area contributed by atoms with Gasteiger partial charge in [-0.2, -0.15) is 4.57 Å². The standard InChI is InChI=1S/C19H21N3O5.ClH/c1-14(11-15-5-3-2-4-6-15)21-19(26)27-13-22-9-7-16(8-10-22)18(25)20-12-17(23)24;/h2-10,14H,11-13H2,1H3,(H2-,20,21,23,24,25,26);1H/t14-;/m0./s1. The third-order valence-electron chi connectivity index (χ3n) is 3.65. The number of hydrogen-bond donors (Lipinski definition) is 3. The summed E-state index contributed by atoms with van der Waals surface area (Å²) in [7, 11) is 0. The van der Waals surface area contributed by atoms with Gasteiger partial charge in [-0.1, -0.05) is 30.3 Å². The molecule has 150 valence electrons. The summed E-state index contributed by atoms with van der Waals surface area (Å²) in [5.74, 6) is -1.60. The van der Waals surface area contributed by atoms with Crippen LogP contribution in [0.5, 0.6) is 0 Å². The highest BCUT2D eigenvalue weighted by Gasteiger charge is 2.12. The van der Waals surface area contributed by atoms with Gasteiger partial charge in [-0.25, -0.2) is 4.79 Å². The Bertz CT molecular complexity index is 784. The third-order valence-corrected chi connectivity index (χ3v) is 3.65. The van der Waals surface area contributed by atoms with Gasteiger partial charge in [0.15, 0.2) is 12.4 Å². The molecule has 1 aromatic heterocycles. The van der Waals surface area contributed by atoms with E-state index < -0.39 is 24.5 Å². The number of carbonyl (C=O) groups is 3. The molecular weight excluding hydrogens is 386 g/mol. The Morgan fingerprint density at radius 2 is 1.75 bits per heavy atom. The summed E-state index contributed by atoms with van der Waals surface area (Å²) in [5, 5.41) is 13.6. The van der Waals surface area contributed by atoms with Gasteiger partial charge in [0, 0.05) is 18.2 Å². The molecule has 0 radical (unpaired) electrons. The number of aliphatic carboxylic acids is 1. The van der Waals surface area contributed by atoms with Gasteiger partial charge in [-0.15, -0.1) is 0 Å². The number of hydrogen-bond acceptors (Lipinski definition) is 4. The number of amides is 2. The highest BCUT2D eigenvalue weighted by molar-refractivity contribution is 5.95. The molecule has 0 aliphatic rings. The second-order valence-electron chi connectivity index (χ2n) is 5.97. The number of carbonyl (C=O) groups excluding carboxylic acids is 2. The van der Waals surface area contributed by atoms with Crippen LogP contribution in [0.4, 0.5) is 4.79 Å². The Morgan fingerprint density at radius 3 is 2.36 bits per heavy atom. The summed E-state index contributed by atoms with van der Waals surface area (Å²) in [6.45, 7) is 1.44. The van der Waals surface area contributed by atoms with E-state index in [4.69, 9.17) is 9.84 Å². The summed E-state index contributed by atoms with van der Waals surface area (Å²) >= 11 is 0. The second kappa shape index (κ2) is 11.6. The lowest BCUT2D eigenvalue weighted by molar-refractivity contribution is -0.727. The van der Waals surface area contributed by atoms with Crippen LogP contribution in [0.2, 0.25) is 0 Å². The monoisotopic (exact) mass is 407 g/mol. The molecule has 0 aliphatic carbocycles. The van der Waals surface area contributed by atoms with E-state index in [-0.39, 0.29) is 25.2 Å². The molecule has 9 heteroatoms. The lowest BCUT2D eigenvalue weighted by Gasteiger charge is -2.13. The van der Waals surface area contributed by atoms with Crippen molar-refractivity contribution in [2.75, 3.05) is 6.54 Å². The lowest BCUT2D eigenvalue weighted by atomic mass is 10.1. The lowest BCUT2D eigenvalue weighted by Crippen LogP contribution is -3.00. The molecule has 8 nitrogen and oxygen atoms in total. The molecule has 1 heterocycles. The molecule has 28 heavy (non-hydrogen) atoms. The molecule has 3 N–H and O–H groups in total. The van der Waals surface area contributed by atoms with Gasteiger partial charge in [-0.3, -0.25) is 9.59 Å². The number of ether oxygens (including phenoxy) is 1. The average molecular weight is 408 g/mol. The number of carboxylic acids is 1. The first-order chi connectivity index (χ1) is 12.9. The molecule has 0 saturated heterocycles. The zero-order valence-electron chi connectivity index (χ0n) is 15.3. The largest absolute Gasteiger partial charge is 1.00 e. The van der Waals surface area contributed by atoms with Gasteiger partial charge in [0.2, 0.25) is 0 Å². The summed E-state index contributed by atoms with van der Waals surface area (Å²) in [4.78, 5) is 34.0. The first-order valence-corrected chi connectivity index (χ1v) is 8.40. The van der Waals surface area contributed by atoms with Crippen LogP contribution in [0.15, 0.2) is 54.9 Å². The van der Waals surface area contributed by atoms with Crippen LogP contribution in [0.25, 0.3) is 0 Å². The first kappa shape index (κ1) is 22.9. The maximum Gasteiger partial charge on any atom is 0.412 e. The van der Waals surface area contributed by atoms with Crippen LogP contribution < -0.4 is 27.6 Å². The van der Waals surface area contributed by atoms with E-state index in [0.717, 1.165) is 5.56 Å². The number of aromatic nitrogens is 1. The predicted molar refractivity (Wildman–Crippen MR) is 95.8 cm³/mol. The number of alkyl carbamates (subject to hydrolysis) is 1. The fourth-order valence-electron chi connectivity index (χ4n) is 2.35. The third kappa shape index (κ3) is 8.05. The number of nitrogens with zero attached hydrogens (tertiary/aromatic N) is 1. The topological polar surface area (TPSA) is 109 Å². The van der Waals surface area contributed by atoms with Crippen LogP contribution in [-0.4, -0.2) is 35.7 Å². The number of benzene rings is 1. The highest BCUT2D eigenvalue weighted by Crippen LogP contribution is 2.02. The highest BCUT2D eigenvalue weighted by atomic mass is 35.5. The minimum Gasteiger partial charge on any atom is -1.00 e. The Morgan fingerprint density at radius 1 is 1.11 bits per heavy atom. The second-order valence-corrected chi connectivity index (χ2v) is 5.97. The van der Waals surface area contributed by atoms with Crippen molar-refractivity contribution in [2.24, 2.45) is 0 Å². The minimum absolute atomic E-state index is 0. The molecule has 0 unspecified atom stereocenters. The van der Waals surface area contributed by atoms with Gasteiger partial charge in [-0.05, 0) is 18.9 Å². The molecule has 1 aromatic carbocycles. The molecule has 0 fully saturated rings. The van der Waals surface area contributed by atoms with Crippen LogP contribution >= 0.6 is 0 Å². The van der Waals surface area contributed by atoms with Crippen molar-refractivity contribution in [1.29, 1.82) is 0 Å². The fourth-order valence-corrected chi connectivity index (χ4v) is 2.35. The Labute approximate surface area is 168 Å². The number of rotatable bonds is 8. The van der Waals surface area contributed by atoms with Crippen molar-refractivity contribution in [3.05, 3.63) is 66.0 Å². The van der Waals surface area contributed by atoms with Crippen molar-refractivity contribution in [1.82, 2.24) is 10.6 Å². The average Bonchev–Trinajstić information content (AvgIpc) is 2.65. The van der Waals surface area contributed by atoms with Gasteiger partial charge in [0.1, 0.15) is 6.54 Å². The summed E-state index contributed by atoms with van der Waals surface area (Å²) in [5.41, 5.74) is 1.44. The Balaban J connectivity index is 0.00000392. The first-order valence-electron chi connectivity index (χ1n) is 8.40. The molecule has 0 aliphatic heterocycles. The zero-order valence-corrected chi connectivity index (χ0v) is 16.1. The molecule has 0 saturated carbocycles. The van der Waals surface area contributed by atoms with E-state index in [1.165, 1.54) is 12.1 Å². The number of pyridine rings is 1. The quantitative estimate of drug-likeness (QED) is 0.443. The Kier molecular flexibility index (Phi) is 9.45. The molecule has 2 amide bonds. The SMILES string of the molecule is C[C@@H](Cc1ccccc1)NC(=O)OC[n+]1ccc(C(=O)NCC(=O)O)cc1.[Cl-]. The van der Waals surface area contributed by atoms with Crippen LogP contribution in [0, 0.1) is 0 Å². The summed E-state index contributed by atoms with van der Waals surface area (Å²) in [6.07, 6.45) is 3.30. The Hall–Kier alpha value is -3.13. The fraction of sp³-hybridized carbons (Fsp3) is 0.263. The molecule has 1 atom stereocenters. The van der Waals surface area contributed by atoms with Gasteiger partial charge >= 0.3 is 12.1 Å². The number of nitrogens with one attached hydrogen (secondary N) is 2. The summed E-state index contributed by atoms with van der Waals surface area (Å²) in [6, 6.07) is 12.8. The molecule has 0 bridgehead atoms. The van der Waals surface area contributed by atoms with Crippen LogP contribution in [0.3, 0.4) is 0 Å². The van der Waals surface area contributed by atoms with Crippen LogP contribution in [0.1, 0.15) is 22.8 Å². The number of carboxylic acid groups (broad SMARTS) is 1. The van der Waals surface area contributed by atoms with Gasteiger partial charge < -0.3 is 32.9 Å². The van der Waals surface area contributed by atoms with E-state index in [2.05, 4.69) is 10.6 Å². The molecule has 2 rings (SSSR count). The van der Waals surface area contributed by atoms with Crippen molar-refractivity contribution in [2.45, 2.75) is 26.1 Å². The van der Waals surface area contributed by atoms with E-state index in [0.29, 0.717) is 12.0 Å². The normalized spacial score (nSPS) is 10.9. The van der Waals surface area contributed by atoms with Crippen molar-refractivity contribution < 1.29 is 41.2 Å². The zero-order chi connectivity index (χ0) is 19.6. The van der Waals surface area contributed by atoms with E-state index in [1.807, 2.05) is 37.3 Å². The summed E-state index contributed by atoms with van der Waals surface area (Å²) < 4.78 is 6.73. The minimum atomic E-state index is -1.12. The van der Waals surface area contributed by atoms with E-state index in [1.54, 1.807) is 17.0 Å². The number of halogens is 1. The van der Waals surface area contributed by atoms with Gasteiger partial charge in [0.25, 0.3) is 12.6 Å². The van der Waals surface area contributed by atoms with Gasteiger partial charge in [0.05, 0.1) is 5.56 Å². The molecule has 2 aromatic rings. The predicted octanol–water partition coefficient (Wildman–Crippen LogP) is -1.89. The van der Waals surface area contributed by atoms with Crippen molar-refractivity contribution in [3.63, 3.8) is 0 Å². The van der Waals surface area contributed by atoms with Crippen molar-refractivity contribution in [3.8, 4) is 0 Å². The smallest absolute Gasteiger partial charge is 0.412 e.